The first kappa shape index (κ1) is 11.0. The van der Waals surface area contributed by atoms with E-state index in [4.69, 9.17) is 11.0 Å². The number of nitrogens with two attached hydrogens (primary N) is 1. The molecule has 0 aliphatic rings. The second-order valence-corrected chi connectivity index (χ2v) is 2.85. The number of carbonyl (C=O) groups excluding carboxylic acids is 1. The predicted octanol–water partition coefficient (Wildman–Crippen LogP) is 1.30. The molecule has 1 amide bonds. The lowest BCUT2D eigenvalue weighted by Gasteiger charge is -2.07. The fourth-order valence-electron chi connectivity index (χ4n) is 1.18. The molecule has 0 fully saturated rings. The average molecular weight is 211 g/mol. The van der Waals surface area contributed by atoms with Crippen LogP contribution in [0.4, 0.5) is 8.78 Å². The van der Waals surface area contributed by atoms with E-state index in [1.165, 1.54) is 13.0 Å². The number of carbonyl (C=O) groups is 1. The molecule has 6 heteroatoms. The minimum Gasteiger partial charge on any atom is -0.364 e. The van der Waals surface area contributed by atoms with Crippen LogP contribution in [0, 0.1) is 18.3 Å². The molecule has 0 aromatic carbocycles. The molecule has 4 nitrogen and oxygen atoms in total. The SMILES string of the molecule is Cc1cc(C#N)c(C(F)F)c(C(N)=O)n1. The first-order valence-corrected chi connectivity index (χ1v) is 3.97. The number of alkyl halides is 2. The summed E-state index contributed by atoms with van der Waals surface area (Å²) in [5.41, 5.74) is 3.69. The lowest BCUT2D eigenvalue weighted by Crippen LogP contribution is -2.18. The van der Waals surface area contributed by atoms with Gasteiger partial charge in [-0.15, -0.1) is 0 Å². The monoisotopic (exact) mass is 211 g/mol. The number of aromatic nitrogens is 1. The van der Waals surface area contributed by atoms with Crippen LogP contribution in [0.15, 0.2) is 6.07 Å². The van der Waals surface area contributed by atoms with Gasteiger partial charge in [-0.2, -0.15) is 5.26 Å². The Morgan fingerprint density at radius 2 is 2.27 bits per heavy atom. The maximum absolute atomic E-state index is 12.6. The highest BCUT2D eigenvalue weighted by molar-refractivity contribution is 5.93. The van der Waals surface area contributed by atoms with E-state index in [0.717, 1.165) is 0 Å². The molecule has 0 saturated carbocycles. The molecule has 0 atom stereocenters. The zero-order valence-electron chi connectivity index (χ0n) is 7.79. The molecule has 15 heavy (non-hydrogen) atoms. The topological polar surface area (TPSA) is 79.8 Å². The molecular formula is C9H7F2N3O. The third-order valence-electron chi connectivity index (χ3n) is 1.76. The third kappa shape index (κ3) is 2.07. The van der Waals surface area contributed by atoms with Crippen molar-refractivity contribution in [3.63, 3.8) is 0 Å². The summed E-state index contributed by atoms with van der Waals surface area (Å²) in [5, 5.41) is 8.63. The zero-order chi connectivity index (χ0) is 11.6. The van der Waals surface area contributed by atoms with Crippen LogP contribution >= 0.6 is 0 Å². The van der Waals surface area contributed by atoms with Gasteiger partial charge in [0.2, 0.25) is 0 Å². The molecule has 0 bridgehead atoms. The molecule has 0 saturated heterocycles. The number of pyridine rings is 1. The summed E-state index contributed by atoms with van der Waals surface area (Å²) in [6, 6.07) is 2.77. The maximum atomic E-state index is 12.6. The van der Waals surface area contributed by atoms with Gasteiger partial charge in [-0.25, -0.2) is 13.8 Å². The highest BCUT2D eigenvalue weighted by atomic mass is 19.3. The van der Waals surface area contributed by atoms with E-state index < -0.39 is 23.6 Å². The summed E-state index contributed by atoms with van der Waals surface area (Å²) in [6.07, 6.45) is -2.95. The Balaban J connectivity index is 3.56. The fraction of sp³-hybridized carbons (Fsp3) is 0.222. The van der Waals surface area contributed by atoms with Crippen LogP contribution in [0.5, 0.6) is 0 Å². The third-order valence-corrected chi connectivity index (χ3v) is 1.76. The molecule has 0 aliphatic heterocycles. The Morgan fingerprint density at radius 3 is 2.67 bits per heavy atom. The van der Waals surface area contributed by atoms with E-state index in [1.54, 1.807) is 6.07 Å². The Bertz CT molecular complexity index is 451. The number of hydrogen-bond acceptors (Lipinski definition) is 3. The second-order valence-electron chi connectivity index (χ2n) is 2.85. The van der Waals surface area contributed by atoms with Gasteiger partial charge in [0, 0.05) is 5.69 Å². The van der Waals surface area contributed by atoms with Crippen molar-refractivity contribution in [3.8, 4) is 6.07 Å². The van der Waals surface area contributed by atoms with Gasteiger partial charge in [-0.1, -0.05) is 0 Å². The van der Waals surface area contributed by atoms with Gasteiger partial charge in [0.05, 0.1) is 17.2 Å². The smallest absolute Gasteiger partial charge is 0.267 e. The van der Waals surface area contributed by atoms with Gasteiger partial charge in [-0.3, -0.25) is 4.79 Å². The van der Waals surface area contributed by atoms with E-state index in [2.05, 4.69) is 4.98 Å². The largest absolute Gasteiger partial charge is 0.364 e. The minimum atomic E-state index is -2.95. The fourth-order valence-corrected chi connectivity index (χ4v) is 1.18. The van der Waals surface area contributed by atoms with E-state index >= 15 is 0 Å². The van der Waals surface area contributed by atoms with Crippen LogP contribution < -0.4 is 5.73 Å². The maximum Gasteiger partial charge on any atom is 0.267 e. The number of amides is 1. The van der Waals surface area contributed by atoms with Crippen molar-refractivity contribution in [2.24, 2.45) is 5.73 Å². The number of aryl methyl sites for hydroxylation is 1. The number of halogens is 2. The lowest BCUT2D eigenvalue weighted by molar-refractivity contribution is 0.0979. The van der Waals surface area contributed by atoms with Crippen molar-refractivity contribution in [1.82, 2.24) is 4.98 Å². The van der Waals surface area contributed by atoms with Crippen molar-refractivity contribution in [2.45, 2.75) is 13.3 Å². The Kier molecular flexibility index (Phi) is 2.95. The normalized spacial score (nSPS) is 10.1. The van der Waals surface area contributed by atoms with Gasteiger partial charge < -0.3 is 5.73 Å². The van der Waals surface area contributed by atoms with Gasteiger partial charge >= 0.3 is 0 Å². The molecule has 0 radical (unpaired) electrons. The van der Waals surface area contributed by atoms with Gasteiger partial charge in [-0.05, 0) is 13.0 Å². The van der Waals surface area contributed by atoms with Crippen LogP contribution in [0.25, 0.3) is 0 Å². The Labute approximate surface area is 84.3 Å². The summed E-state index contributed by atoms with van der Waals surface area (Å²) in [5.74, 6) is -1.06. The summed E-state index contributed by atoms with van der Waals surface area (Å²) >= 11 is 0. The highest BCUT2D eigenvalue weighted by Crippen LogP contribution is 2.25. The molecule has 1 rings (SSSR count). The van der Waals surface area contributed by atoms with E-state index in [-0.39, 0.29) is 5.56 Å². The average Bonchev–Trinajstić information content (AvgIpc) is 2.15. The van der Waals surface area contributed by atoms with Crippen LogP contribution in [0.3, 0.4) is 0 Å². The van der Waals surface area contributed by atoms with Gasteiger partial charge in [0.15, 0.2) is 0 Å². The number of nitriles is 1. The molecule has 0 aliphatic carbocycles. The molecule has 78 valence electrons. The first-order valence-electron chi connectivity index (χ1n) is 3.97. The summed E-state index contributed by atoms with van der Waals surface area (Å²) in [4.78, 5) is 14.5. The van der Waals surface area contributed by atoms with E-state index in [9.17, 15) is 13.6 Å². The van der Waals surface area contributed by atoms with Crippen molar-refractivity contribution in [1.29, 1.82) is 5.26 Å². The Hall–Kier alpha value is -2.03. The summed E-state index contributed by atoms with van der Waals surface area (Å²) < 4.78 is 25.1. The van der Waals surface area contributed by atoms with E-state index in [1.807, 2.05) is 0 Å². The molecule has 2 N–H and O–H groups in total. The number of nitrogens with zero attached hydrogens (tertiary/aromatic N) is 2. The van der Waals surface area contributed by atoms with Crippen molar-refractivity contribution < 1.29 is 13.6 Å². The molecule has 1 aromatic heterocycles. The zero-order valence-corrected chi connectivity index (χ0v) is 7.79. The molecule has 0 unspecified atom stereocenters. The van der Waals surface area contributed by atoms with Crippen molar-refractivity contribution in [3.05, 3.63) is 28.6 Å². The number of rotatable bonds is 2. The van der Waals surface area contributed by atoms with Crippen molar-refractivity contribution in [2.75, 3.05) is 0 Å². The molecule has 0 spiro atoms. The molecule has 1 heterocycles. The van der Waals surface area contributed by atoms with Crippen molar-refractivity contribution >= 4 is 5.91 Å². The Morgan fingerprint density at radius 1 is 1.67 bits per heavy atom. The molecule has 1 aromatic rings. The predicted molar refractivity (Wildman–Crippen MR) is 47.2 cm³/mol. The van der Waals surface area contributed by atoms with Crippen LogP contribution in [-0.4, -0.2) is 10.9 Å². The lowest BCUT2D eigenvalue weighted by atomic mass is 10.1. The van der Waals surface area contributed by atoms with Gasteiger partial charge in [0.25, 0.3) is 12.3 Å². The summed E-state index contributed by atoms with van der Waals surface area (Å²) in [7, 11) is 0. The molecular weight excluding hydrogens is 204 g/mol. The number of primary amides is 1. The van der Waals surface area contributed by atoms with Crippen LogP contribution in [0.1, 0.15) is 33.7 Å². The first-order chi connectivity index (χ1) is 6.97. The quantitative estimate of drug-likeness (QED) is 0.800. The highest BCUT2D eigenvalue weighted by Gasteiger charge is 2.22. The van der Waals surface area contributed by atoms with E-state index in [0.29, 0.717) is 5.69 Å². The second kappa shape index (κ2) is 4.00. The standard InChI is InChI=1S/C9H7F2N3O/c1-4-2-5(3-12)6(8(10)11)7(14-4)9(13)15/h2,8H,1H3,(H2,13,15). The van der Waals surface area contributed by atoms with Gasteiger partial charge in [0.1, 0.15) is 5.69 Å². The van der Waals surface area contributed by atoms with Crippen LogP contribution in [-0.2, 0) is 0 Å². The van der Waals surface area contributed by atoms with Crippen LogP contribution in [0.2, 0.25) is 0 Å². The minimum absolute atomic E-state index is 0.272. The number of hydrogen-bond donors (Lipinski definition) is 1. The summed E-state index contributed by atoms with van der Waals surface area (Å²) in [6.45, 7) is 1.49.